The molecule has 2 rings (SSSR count). The highest BCUT2D eigenvalue weighted by Gasteiger charge is 2.25. The van der Waals surface area contributed by atoms with Crippen molar-refractivity contribution in [3.05, 3.63) is 5.28 Å². The zero-order valence-corrected chi connectivity index (χ0v) is 11.8. The monoisotopic (exact) mass is 269 g/mol. The summed E-state index contributed by atoms with van der Waals surface area (Å²) in [5.74, 6) is 2.59. The Morgan fingerprint density at radius 1 is 1.06 bits per heavy atom. The van der Waals surface area contributed by atoms with Gasteiger partial charge in [-0.2, -0.15) is 15.0 Å². The molecule has 0 bridgehead atoms. The number of halogens is 1. The molecule has 0 saturated heterocycles. The summed E-state index contributed by atoms with van der Waals surface area (Å²) in [5.41, 5.74) is 0. The van der Waals surface area contributed by atoms with Crippen LogP contribution in [-0.2, 0) is 0 Å². The molecule has 3 atom stereocenters. The minimum atomic E-state index is 0.217. The van der Waals surface area contributed by atoms with E-state index in [1.54, 1.807) is 7.05 Å². The first-order chi connectivity index (χ1) is 8.58. The molecule has 1 aromatic heterocycles. The van der Waals surface area contributed by atoms with Gasteiger partial charge in [0.25, 0.3) is 0 Å². The van der Waals surface area contributed by atoms with Crippen LogP contribution in [0.5, 0.6) is 0 Å². The Kier molecular flexibility index (Phi) is 4.22. The van der Waals surface area contributed by atoms with Gasteiger partial charge in [-0.1, -0.05) is 13.8 Å². The molecule has 100 valence electrons. The van der Waals surface area contributed by atoms with Gasteiger partial charge in [0.15, 0.2) is 0 Å². The highest BCUT2D eigenvalue weighted by molar-refractivity contribution is 6.28. The van der Waals surface area contributed by atoms with Crippen molar-refractivity contribution in [2.24, 2.45) is 11.8 Å². The molecule has 1 aliphatic rings. The van der Waals surface area contributed by atoms with Crippen LogP contribution in [0.1, 0.15) is 33.1 Å². The van der Waals surface area contributed by atoms with E-state index in [1.165, 1.54) is 6.42 Å². The van der Waals surface area contributed by atoms with E-state index in [9.17, 15) is 0 Å². The highest BCUT2D eigenvalue weighted by Crippen LogP contribution is 2.30. The van der Waals surface area contributed by atoms with Gasteiger partial charge < -0.3 is 10.6 Å². The minimum absolute atomic E-state index is 0.217. The van der Waals surface area contributed by atoms with Crippen molar-refractivity contribution in [1.82, 2.24) is 15.0 Å². The van der Waals surface area contributed by atoms with E-state index in [0.29, 0.717) is 17.9 Å². The van der Waals surface area contributed by atoms with Crippen LogP contribution in [0, 0.1) is 11.8 Å². The Labute approximate surface area is 113 Å². The predicted molar refractivity (Wildman–Crippen MR) is 74.0 cm³/mol. The number of nitrogens with one attached hydrogen (secondary N) is 2. The van der Waals surface area contributed by atoms with Crippen LogP contribution in [0.4, 0.5) is 11.9 Å². The molecule has 3 unspecified atom stereocenters. The number of nitrogens with zero attached hydrogens (tertiary/aromatic N) is 3. The van der Waals surface area contributed by atoms with E-state index in [0.717, 1.165) is 24.7 Å². The van der Waals surface area contributed by atoms with Crippen molar-refractivity contribution in [2.45, 2.75) is 39.2 Å². The Morgan fingerprint density at radius 2 is 1.78 bits per heavy atom. The lowest BCUT2D eigenvalue weighted by Gasteiger charge is -2.32. The van der Waals surface area contributed by atoms with E-state index >= 15 is 0 Å². The summed E-state index contributed by atoms with van der Waals surface area (Å²) in [7, 11) is 1.76. The molecule has 0 aliphatic heterocycles. The van der Waals surface area contributed by atoms with Crippen molar-refractivity contribution in [3.8, 4) is 0 Å². The maximum absolute atomic E-state index is 5.86. The summed E-state index contributed by atoms with van der Waals surface area (Å²) in [5, 5.41) is 6.45. The van der Waals surface area contributed by atoms with E-state index < -0.39 is 0 Å². The lowest BCUT2D eigenvalue weighted by Crippen LogP contribution is -2.31. The van der Waals surface area contributed by atoms with Gasteiger partial charge in [0.1, 0.15) is 0 Å². The van der Waals surface area contributed by atoms with Crippen molar-refractivity contribution < 1.29 is 0 Å². The van der Waals surface area contributed by atoms with Gasteiger partial charge in [-0.15, -0.1) is 0 Å². The number of aromatic nitrogens is 3. The van der Waals surface area contributed by atoms with Crippen LogP contribution in [0.15, 0.2) is 0 Å². The molecule has 18 heavy (non-hydrogen) atoms. The van der Waals surface area contributed by atoms with Crippen LogP contribution < -0.4 is 10.6 Å². The van der Waals surface area contributed by atoms with Crippen molar-refractivity contribution in [3.63, 3.8) is 0 Å². The summed E-state index contributed by atoms with van der Waals surface area (Å²) < 4.78 is 0. The van der Waals surface area contributed by atoms with Gasteiger partial charge in [-0.3, -0.25) is 0 Å². The summed E-state index contributed by atoms with van der Waals surface area (Å²) in [6.07, 6.45) is 3.56. The maximum Gasteiger partial charge on any atom is 0.229 e. The van der Waals surface area contributed by atoms with Gasteiger partial charge in [-0.25, -0.2) is 0 Å². The number of hydrogen-bond donors (Lipinski definition) is 2. The van der Waals surface area contributed by atoms with Crippen LogP contribution in [0.3, 0.4) is 0 Å². The topological polar surface area (TPSA) is 62.7 Å². The Balaban J connectivity index is 2.03. The average molecular weight is 270 g/mol. The lowest BCUT2D eigenvalue weighted by atomic mass is 9.79. The summed E-state index contributed by atoms with van der Waals surface area (Å²) in [4.78, 5) is 12.3. The van der Waals surface area contributed by atoms with Crippen LogP contribution in [-0.4, -0.2) is 28.0 Å². The van der Waals surface area contributed by atoms with Gasteiger partial charge in [0.2, 0.25) is 17.2 Å². The second-order valence-corrected chi connectivity index (χ2v) is 5.45. The maximum atomic E-state index is 5.86. The van der Waals surface area contributed by atoms with Crippen molar-refractivity contribution >= 4 is 23.5 Å². The highest BCUT2D eigenvalue weighted by atomic mass is 35.5. The molecule has 1 heterocycles. The predicted octanol–water partition coefficient (Wildman–Crippen LogP) is 2.80. The molecule has 1 saturated carbocycles. The second kappa shape index (κ2) is 5.69. The minimum Gasteiger partial charge on any atom is -0.357 e. The van der Waals surface area contributed by atoms with Crippen LogP contribution in [0.2, 0.25) is 5.28 Å². The molecule has 1 fully saturated rings. The van der Waals surface area contributed by atoms with E-state index in [4.69, 9.17) is 11.6 Å². The molecule has 0 radical (unpaired) electrons. The first-order valence-corrected chi connectivity index (χ1v) is 6.82. The third-order valence-corrected chi connectivity index (χ3v) is 3.93. The SMILES string of the molecule is CNc1nc(Cl)nc(NC2CCC(C)C(C)C2)n1. The standard InChI is InChI=1S/C12H20ClN5/c1-7-4-5-9(6-8(7)2)15-12-17-10(13)16-11(14-3)18-12/h7-9H,4-6H2,1-3H3,(H2,14,15,16,17,18). The molecule has 0 spiro atoms. The van der Waals surface area contributed by atoms with Crippen molar-refractivity contribution in [2.75, 3.05) is 17.7 Å². The number of anilines is 2. The van der Waals surface area contributed by atoms with Gasteiger partial charge in [0, 0.05) is 13.1 Å². The fourth-order valence-electron chi connectivity index (χ4n) is 2.39. The Hall–Kier alpha value is -1.10. The average Bonchev–Trinajstić information content (AvgIpc) is 2.33. The van der Waals surface area contributed by atoms with Gasteiger partial charge in [0.05, 0.1) is 0 Å². The normalized spacial score (nSPS) is 27.9. The van der Waals surface area contributed by atoms with E-state index in [2.05, 4.69) is 39.4 Å². The first kappa shape index (κ1) is 13.3. The second-order valence-electron chi connectivity index (χ2n) is 5.11. The molecule has 0 amide bonds. The molecular formula is C12H20ClN5. The van der Waals surface area contributed by atoms with Gasteiger partial charge in [-0.05, 0) is 42.7 Å². The fraction of sp³-hybridized carbons (Fsp3) is 0.750. The number of rotatable bonds is 3. The largest absolute Gasteiger partial charge is 0.357 e. The zero-order chi connectivity index (χ0) is 13.1. The van der Waals surface area contributed by atoms with Crippen molar-refractivity contribution in [1.29, 1.82) is 0 Å². The molecule has 0 aromatic carbocycles. The molecule has 5 nitrogen and oxygen atoms in total. The summed E-state index contributed by atoms with van der Waals surface area (Å²) >= 11 is 5.86. The lowest BCUT2D eigenvalue weighted by molar-refractivity contribution is 0.260. The smallest absolute Gasteiger partial charge is 0.229 e. The first-order valence-electron chi connectivity index (χ1n) is 6.44. The third kappa shape index (κ3) is 3.22. The summed E-state index contributed by atoms with van der Waals surface area (Å²) in [6, 6.07) is 0.430. The molecule has 1 aromatic rings. The third-order valence-electron chi connectivity index (χ3n) is 3.76. The quantitative estimate of drug-likeness (QED) is 0.883. The van der Waals surface area contributed by atoms with E-state index in [-0.39, 0.29) is 5.28 Å². The number of hydrogen-bond acceptors (Lipinski definition) is 5. The molecule has 6 heteroatoms. The molecule has 1 aliphatic carbocycles. The zero-order valence-electron chi connectivity index (χ0n) is 11.1. The van der Waals surface area contributed by atoms with Gasteiger partial charge >= 0.3 is 0 Å². The molecular weight excluding hydrogens is 250 g/mol. The fourth-order valence-corrected chi connectivity index (χ4v) is 2.55. The van der Waals surface area contributed by atoms with E-state index in [1.807, 2.05) is 0 Å². The Morgan fingerprint density at radius 3 is 2.44 bits per heavy atom. The molecule has 2 N–H and O–H groups in total. The van der Waals surface area contributed by atoms with Crippen LogP contribution >= 0.6 is 11.6 Å². The van der Waals surface area contributed by atoms with Crippen LogP contribution in [0.25, 0.3) is 0 Å². The summed E-state index contributed by atoms with van der Waals surface area (Å²) in [6.45, 7) is 4.62. The Bertz CT molecular complexity index is 411.